The molecule has 0 aliphatic carbocycles. The summed E-state index contributed by atoms with van der Waals surface area (Å²) in [7, 11) is -3.85. The highest BCUT2D eigenvalue weighted by Crippen LogP contribution is 2.27. The molecule has 0 heterocycles. The molecule has 7 heteroatoms. The molecule has 0 aliphatic rings. The molecule has 1 rings (SSSR count). The number of phenols is 1. The molecule has 6 nitrogen and oxygen atoms in total. The number of carbonyl (C=O) groups is 1. The minimum Gasteiger partial charge on any atom is -0.507 e. The molecule has 0 radical (unpaired) electrons. The number of rotatable bonds is 6. The van der Waals surface area contributed by atoms with Gasteiger partial charge in [-0.05, 0) is 31.5 Å². The Hall–Kier alpha value is -1.86. The van der Waals surface area contributed by atoms with Crippen LogP contribution in [0.5, 0.6) is 5.75 Å². The largest absolute Gasteiger partial charge is 0.507 e. The van der Waals surface area contributed by atoms with E-state index in [0.717, 1.165) is 12.1 Å². The van der Waals surface area contributed by atoms with Crippen LogP contribution in [0.25, 0.3) is 0 Å². The number of carboxylic acid groups (broad SMARTS) is 1. The minimum atomic E-state index is -3.85. The lowest BCUT2D eigenvalue weighted by atomic mass is 10.1. The van der Waals surface area contributed by atoms with Gasteiger partial charge in [-0.25, -0.2) is 13.2 Å². The number of hydrogen-bond acceptors (Lipinski definition) is 4. The molecule has 0 atom stereocenters. The van der Waals surface area contributed by atoms with E-state index in [4.69, 9.17) is 5.11 Å². The Balaban J connectivity index is 3.46. The van der Waals surface area contributed by atoms with Crippen LogP contribution in [0.3, 0.4) is 0 Å². The minimum absolute atomic E-state index is 0.124. The van der Waals surface area contributed by atoms with Crippen molar-refractivity contribution < 1.29 is 23.4 Å². The van der Waals surface area contributed by atoms with Crippen LogP contribution in [0, 0.1) is 6.92 Å². The standard InChI is InChI=1S/C14H19NO5S/c1-5-15(8-9(2)3)21(19,20)13-7-11(14(17)18)12(16)6-10(13)4/h6-7,16H,2,5,8H2,1,3-4H3,(H,17,18). The summed E-state index contributed by atoms with van der Waals surface area (Å²) in [4.78, 5) is 10.9. The molecular weight excluding hydrogens is 294 g/mol. The predicted octanol–water partition coefficient (Wildman–Crippen LogP) is 1.99. The first-order valence-electron chi connectivity index (χ1n) is 6.32. The third kappa shape index (κ3) is 3.62. The number of likely N-dealkylation sites (N-methyl/N-ethyl adjacent to an activating group) is 1. The third-order valence-corrected chi connectivity index (χ3v) is 5.00. The number of hydrogen-bond donors (Lipinski definition) is 2. The van der Waals surface area contributed by atoms with Gasteiger partial charge in [0.15, 0.2) is 0 Å². The van der Waals surface area contributed by atoms with Crippen molar-refractivity contribution in [3.05, 3.63) is 35.4 Å². The number of sulfonamides is 1. The van der Waals surface area contributed by atoms with E-state index in [1.807, 2.05) is 0 Å². The van der Waals surface area contributed by atoms with Crippen molar-refractivity contribution in [2.24, 2.45) is 0 Å². The van der Waals surface area contributed by atoms with Crippen molar-refractivity contribution >= 4 is 16.0 Å². The highest BCUT2D eigenvalue weighted by Gasteiger charge is 2.27. The first kappa shape index (κ1) is 17.2. The van der Waals surface area contributed by atoms with E-state index in [9.17, 15) is 18.3 Å². The molecule has 0 bridgehead atoms. The highest BCUT2D eigenvalue weighted by atomic mass is 32.2. The van der Waals surface area contributed by atoms with Gasteiger partial charge in [0.2, 0.25) is 10.0 Å². The van der Waals surface area contributed by atoms with E-state index < -0.39 is 27.3 Å². The van der Waals surface area contributed by atoms with E-state index in [-0.39, 0.29) is 23.5 Å². The summed E-state index contributed by atoms with van der Waals surface area (Å²) in [6.45, 7) is 8.99. The van der Waals surface area contributed by atoms with E-state index in [1.54, 1.807) is 13.8 Å². The Morgan fingerprint density at radius 1 is 1.38 bits per heavy atom. The van der Waals surface area contributed by atoms with Gasteiger partial charge >= 0.3 is 5.97 Å². The maximum absolute atomic E-state index is 12.6. The molecule has 0 unspecified atom stereocenters. The van der Waals surface area contributed by atoms with Crippen molar-refractivity contribution in [1.82, 2.24) is 4.31 Å². The molecule has 21 heavy (non-hydrogen) atoms. The second kappa shape index (κ2) is 6.28. The fourth-order valence-electron chi connectivity index (χ4n) is 1.93. The van der Waals surface area contributed by atoms with Crippen LogP contribution in [0.1, 0.15) is 29.8 Å². The van der Waals surface area contributed by atoms with Gasteiger partial charge in [0, 0.05) is 13.1 Å². The predicted molar refractivity (Wildman–Crippen MR) is 79.0 cm³/mol. The van der Waals surface area contributed by atoms with Gasteiger partial charge in [-0.2, -0.15) is 4.31 Å². The number of aromatic carboxylic acids is 1. The second-order valence-electron chi connectivity index (χ2n) is 4.83. The molecule has 1 aromatic carbocycles. The second-order valence-corrected chi connectivity index (χ2v) is 6.73. The smallest absolute Gasteiger partial charge is 0.339 e. The fourth-order valence-corrected chi connectivity index (χ4v) is 3.67. The molecule has 116 valence electrons. The van der Waals surface area contributed by atoms with Gasteiger partial charge in [-0.3, -0.25) is 0 Å². The van der Waals surface area contributed by atoms with Gasteiger partial charge in [0.1, 0.15) is 11.3 Å². The Bertz CT molecular complexity index is 679. The van der Waals surface area contributed by atoms with Gasteiger partial charge in [-0.15, -0.1) is 0 Å². The summed E-state index contributed by atoms with van der Waals surface area (Å²) in [5.41, 5.74) is 0.526. The summed E-state index contributed by atoms with van der Waals surface area (Å²) in [6, 6.07) is 2.13. The molecule has 2 N–H and O–H groups in total. The Morgan fingerprint density at radius 2 is 1.95 bits per heavy atom. The SMILES string of the molecule is C=C(C)CN(CC)S(=O)(=O)c1cc(C(=O)O)c(O)cc1C. The first-order valence-corrected chi connectivity index (χ1v) is 7.76. The van der Waals surface area contributed by atoms with E-state index in [2.05, 4.69) is 6.58 Å². The van der Waals surface area contributed by atoms with Crippen LogP contribution in [-0.2, 0) is 10.0 Å². The lowest BCUT2D eigenvalue weighted by Gasteiger charge is -2.22. The highest BCUT2D eigenvalue weighted by molar-refractivity contribution is 7.89. The molecular formula is C14H19NO5S. The summed E-state index contributed by atoms with van der Waals surface area (Å²) in [6.07, 6.45) is 0. The topological polar surface area (TPSA) is 94.9 Å². The van der Waals surface area contributed by atoms with Crippen LogP contribution in [0.2, 0.25) is 0 Å². The van der Waals surface area contributed by atoms with Crippen LogP contribution < -0.4 is 0 Å². The molecule has 0 aromatic heterocycles. The van der Waals surface area contributed by atoms with Crippen LogP contribution in [-0.4, -0.2) is 42.0 Å². The molecule has 0 saturated carbocycles. The van der Waals surface area contributed by atoms with Crippen LogP contribution in [0.4, 0.5) is 0 Å². The number of benzene rings is 1. The van der Waals surface area contributed by atoms with Crippen molar-refractivity contribution in [3.8, 4) is 5.75 Å². The van der Waals surface area contributed by atoms with Crippen LogP contribution >= 0.6 is 0 Å². The number of aryl methyl sites for hydroxylation is 1. The van der Waals surface area contributed by atoms with Crippen molar-refractivity contribution in [3.63, 3.8) is 0 Å². The average molecular weight is 313 g/mol. The maximum atomic E-state index is 12.6. The van der Waals surface area contributed by atoms with Crippen LogP contribution in [0.15, 0.2) is 29.2 Å². The quantitative estimate of drug-likeness (QED) is 0.783. The Kier molecular flexibility index (Phi) is 5.14. The summed E-state index contributed by atoms with van der Waals surface area (Å²) in [5, 5.41) is 18.6. The van der Waals surface area contributed by atoms with E-state index in [0.29, 0.717) is 5.57 Å². The summed E-state index contributed by atoms with van der Waals surface area (Å²) < 4.78 is 26.4. The monoisotopic (exact) mass is 313 g/mol. The Labute approximate surface area is 124 Å². The summed E-state index contributed by atoms with van der Waals surface area (Å²) >= 11 is 0. The van der Waals surface area contributed by atoms with Gasteiger partial charge < -0.3 is 10.2 Å². The first-order chi connectivity index (χ1) is 9.61. The van der Waals surface area contributed by atoms with E-state index in [1.165, 1.54) is 11.2 Å². The molecule has 0 fully saturated rings. The van der Waals surface area contributed by atoms with Crippen molar-refractivity contribution in [2.45, 2.75) is 25.7 Å². The van der Waals surface area contributed by atoms with Crippen molar-refractivity contribution in [1.29, 1.82) is 0 Å². The van der Waals surface area contributed by atoms with Crippen molar-refractivity contribution in [2.75, 3.05) is 13.1 Å². The zero-order valence-electron chi connectivity index (χ0n) is 12.3. The maximum Gasteiger partial charge on any atom is 0.339 e. The molecule has 0 saturated heterocycles. The lowest BCUT2D eigenvalue weighted by molar-refractivity contribution is 0.0693. The molecule has 0 aliphatic heterocycles. The fraction of sp³-hybridized carbons (Fsp3) is 0.357. The number of carboxylic acids is 1. The lowest BCUT2D eigenvalue weighted by Crippen LogP contribution is -2.32. The van der Waals surface area contributed by atoms with Gasteiger partial charge in [-0.1, -0.05) is 19.1 Å². The van der Waals surface area contributed by atoms with E-state index >= 15 is 0 Å². The molecule has 0 amide bonds. The third-order valence-electron chi connectivity index (χ3n) is 2.94. The summed E-state index contributed by atoms with van der Waals surface area (Å²) in [5.74, 6) is -1.84. The number of nitrogens with zero attached hydrogens (tertiary/aromatic N) is 1. The molecule has 0 spiro atoms. The zero-order valence-corrected chi connectivity index (χ0v) is 13.1. The zero-order chi connectivity index (χ0) is 16.4. The molecule has 1 aromatic rings. The Morgan fingerprint density at radius 3 is 2.38 bits per heavy atom. The van der Waals surface area contributed by atoms with Gasteiger partial charge in [0.05, 0.1) is 4.90 Å². The number of aromatic hydroxyl groups is 1. The van der Waals surface area contributed by atoms with Gasteiger partial charge in [0.25, 0.3) is 0 Å². The normalized spacial score (nSPS) is 11.6. The average Bonchev–Trinajstić information content (AvgIpc) is 2.34.